The maximum atomic E-state index is 13.8. The first-order valence-corrected chi connectivity index (χ1v) is 35.9. The van der Waals surface area contributed by atoms with Crippen LogP contribution >= 0.6 is 18.9 Å². The molecule has 520 valence electrons. The van der Waals surface area contributed by atoms with Crippen molar-refractivity contribution in [3.63, 3.8) is 0 Å². The van der Waals surface area contributed by atoms with Gasteiger partial charge in [0.15, 0.2) is 16.9 Å². The van der Waals surface area contributed by atoms with E-state index >= 15 is 0 Å². The number of aliphatic hydroxyl groups is 3. The number of aromatic nitrogens is 4. The van der Waals surface area contributed by atoms with Crippen LogP contribution < -0.4 is 26.0 Å². The monoisotopic (exact) mass is 1370 g/mol. The van der Waals surface area contributed by atoms with E-state index < -0.39 is 61.9 Å². The van der Waals surface area contributed by atoms with Crippen LogP contribution in [-0.4, -0.2) is 196 Å². The van der Waals surface area contributed by atoms with Gasteiger partial charge in [-0.25, -0.2) is 24.4 Å². The number of rotatable bonds is 26. The van der Waals surface area contributed by atoms with E-state index in [4.69, 9.17) is 34.8 Å². The fourth-order valence-electron chi connectivity index (χ4n) is 17.1. The summed E-state index contributed by atoms with van der Waals surface area (Å²) in [6.45, 7) is 11.3. The maximum absolute atomic E-state index is 13.8. The van der Waals surface area contributed by atoms with Crippen LogP contribution in [0, 0.1) is 23.2 Å². The zero-order valence-corrected chi connectivity index (χ0v) is 56.5. The molecule has 11 N–H and O–H groups in total. The second kappa shape index (κ2) is 28.4. The quantitative estimate of drug-likeness (QED) is 0.0183. The average Bonchev–Trinajstić information content (AvgIpc) is 0.943. The van der Waals surface area contributed by atoms with Gasteiger partial charge in [-0.05, 0) is 172 Å². The summed E-state index contributed by atoms with van der Waals surface area (Å²) < 4.78 is 39.2. The Kier molecular flexibility index (Phi) is 20.4. The smallest absolute Gasteiger partial charge is 0.410 e. The van der Waals surface area contributed by atoms with Crippen molar-refractivity contribution in [2.75, 3.05) is 80.7 Å². The molecule has 4 aliphatic carbocycles. The van der Waals surface area contributed by atoms with Gasteiger partial charge in [0.25, 0.3) is 5.91 Å². The van der Waals surface area contributed by atoms with Crippen molar-refractivity contribution in [1.29, 1.82) is 0 Å². The zero-order valence-electron chi connectivity index (χ0n) is 54.8. The number of anilines is 3. The Balaban J connectivity index is 0.667. The molecule has 4 bridgehead atoms. The molecular formula is C69H87N10O16PS. The number of carbonyl (C=O) groups excluding carboxylic acids is 2. The topological polar surface area (TPSA) is 367 Å². The standard InChI is InChI=1S/C69H87N10O16PS/c1-42-48(46-16-18-54(74-55(46)61(84)85)78-25-19-44-11-6-12-47(49(44)34-78)60(83)75-64-73-50-13-4-5-14-53(50)97-64)33-72-79(42)41-68-36-66(2)35-67(3,37-68)39-69(38-66,40-68)93-30-28-76(24-9-31-96(89,90)91)45-20-26-77(27-21-45)65(88)92-29-7-10-43-15-17-52(51(32-43)71-23-8-22-70)94-63-58(82)56(80)57(81)59(95-63)62(86)87/h4-7,10-18,32-33,45,56-59,63,71,80-82H,8-9,19-31,34-41,70H2,1-3H3,(H,84,85)(H,86,87)(H,73,75,83)(H2,89,90,91)/b10-7+/t56-,57-,58+,59-,63+,66?,67?,68?,69?/m0/s1. The second-order valence-corrected chi connectivity index (χ2v) is 30.9. The van der Waals surface area contributed by atoms with Gasteiger partial charge in [-0.1, -0.05) is 61.6 Å². The number of fused-ring (bicyclic) bond motifs is 2. The predicted molar refractivity (Wildman–Crippen MR) is 363 cm³/mol. The molecule has 4 saturated carbocycles. The number of benzene rings is 3. The van der Waals surface area contributed by atoms with Gasteiger partial charge in [0.2, 0.25) is 6.29 Å². The molecule has 6 heterocycles. The predicted octanol–water partition coefficient (Wildman–Crippen LogP) is 7.73. The van der Waals surface area contributed by atoms with E-state index in [9.17, 15) is 59.1 Å². The fraction of sp³-hybridized carbons (Fsp3) is 0.522. The van der Waals surface area contributed by atoms with Crippen LogP contribution in [0.15, 0.2) is 85.1 Å². The van der Waals surface area contributed by atoms with Crippen LogP contribution in [0.1, 0.15) is 121 Å². The summed E-state index contributed by atoms with van der Waals surface area (Å²) in [5.41, 5.74) is 11.4. The highest BCUT2D eigenvalue weighted by atomic mass is 32.1. The lowest BCUT2D eigenvalue weighted by Crippen LogP contribution is -2.64. The van der Waals surface area contributed by atoms with E-state index in [2.05, 4.69) is 34.4 Å². The minimum Gasteiger partial charge on any atom is -0.479 e. The van der Waals surface area contributed by atoms with Crippen molar-refractivity contribution < 1.29 is 78.0 Å². The molecule has 3 aliphatic heterocycles. The van der Waals surface area contributed by atoms with Crippen LogP contribution in [0.25, 0.3) is 27.4 Å². The van der Waals surface area contributed by atoms with Gasteiger partial charge in [-0.2, -0.15) is 5.10 Å². The van der Waals surface area contributed by atoms with E-state index in [0.717, 1.165) is 65.6 Å². The van der Waals surface area contributed by atoms with Gasteiger partial charge < -0.3 is 75.1 Å². The van der Waals surface area contributed by atoms with Crippen LogP contribution in [0.2, 0.25) is 0 Å². The van der Waals surface area contributed by atoms with Crippen LogP contribution in [-0.2, 0) is 43.1 Å². The molecule has 13 rings (SSSR count). The van der Waals surface area contributed by atoms with Crippen molar-refractivity contribution in [2.24, 2.45) is 22.0 Å². The zero-order chi connectivity index (χ0) is 68.6. The number of carboxylic acid groups (broad SMARTS) is 2. The fourth-order valence-corrected chi connectivity index (χ4v) is 18.5. The number of carbonyl (C=O) groups is 4. The third kappa shape index (κ3) is 15.6. The Labute approximate surface area is 565 Å². The van der Waals surface area contributed by atoms with Crippen LogP contribution in [0.4, 0.5) is 21.4 Å². The normalized spacial score (nSPS) is 26.4. The molecule has 0 spiro atoms. The summed E-state index contributed by atoms with van der Waals surface area (Å²) in [5, 5.41) is 63.0. The summed E-state index contributed by atoms with van der Waals surface area (Å²) in [6.07, 6.45) is 3.96. The molecule has 97 heavy (non-hydrogen) atoms. The van der Waals surface area contributed by atoms with Crippen molar-refractivity contribution in [1.82, 2.24) is 29.5 Å². The summed E-state index contributed by atoms with van der Waals surface area (Å²) in [7, 11) is -4.26. The number of ether oxygens (including phenoxy) is 4. The van der Waals surface area contributed by atoms with Crippen LogP contribution in [0.5, 0.6) is 5.75 Å². The first-order valence-electron chi connectivity index (χ1n) is 33.3. The molecule has 7 aliphatic rings. The maximum Gasteiger partial charge on any atom is 0.410 e. The highest BCUT2D eigenvalue weighted by molar-refractivity contribution is 7.51. The number of hydrogen-bond donors (Lipinski definition) is 10. The molecule has 7 atom stereocenters. The number of likely N-dealkylation sites (tertiary alicyclic amines) is 1. The number of pyridine rings is 1. The number of para-hydroxylation sites is 1. The van der Waals surface area contributed by atoms with E-state index in [0.29, 0.717) is 130 Å². The first kappa shape index (κ1) is 69.5. The molecule has 2 unspecified atom stereocenters. The van der Waals surface area contributed by atoms with E-state index in [1.807, 2.05) is 71.1 Å². The molecule has 3 aromatic heterocycles. The lowest BCUT2D eigenvalue weighted by Gasteiger charge is -2.69. The van der Waals surface area contributed by atoms with Crippen molar-refractivity contribution >= 4 is 75.8 Å². The van der Waals surface area contributed by atoms with Crippen molar-refractivity contribution in [3.8, 4) is 16.9 Å². The lowest BCUT2D eigenvalue weighted by atomic mass is 9.39. The number of nitrogens with one attached hydrogen (secondary N) is 2. The lowest BCUT2D eigenvalue weighted by molar-refractivity contribution is -0.271. The number of aliphatic carboxylic acids is 1. The van der Waals surface area contributed by atoms with Gasteiger partial charge in [0.05, 0.1) is 40.5 Å². The number of aromatic carboxylic acids is 1. The Morgan fingerprint density at radius 1 is 0.876 bits per heavy atom. The Hall–Kier alpha value is -7.40. The first-order chi connectivity index (χ1) is 46.3. The summed E-state index contributed by atoms with van der Waals surface area (Å²) in [6, 6.07) is 22.1. The largest absolute Gasteiger partial charge is 0.479 e. The Morgan fingerprint density at radius 2 is 1.65 bits per heavy atom. The third-order valence-corrected chi connectivity index (χ3v) is 22.1. The SMILES string of the molecule is Cc1c(-c2ccc(N3CCc4cccc(C(=O)Nc5nc6ccccc6s5)c4C3)nc2C(=O)O)cnn1CC12CC3(C)CC(C)(C1)CC(OCCN(CCCP(=O)(O)O)C1CCN(C(=O)OC/C=C/c4ccc(O[C@@H]5O[C@H](C(=O)O)[C@@H](O)[C@H](O)[C@H]5O)c(NCCCN)c4)CC1)(C3)C2. The van der Waals surface area contributed by atoms with Gasteiger partial charge in [0, 0.05) is 74.2 Å². The number of carboxylic acids is 2. The van der Waals surface area contributed by atoms with E-state index in [1.165, 1.54) is 11.3 Å². The summed E-state index contributed by atoms with van der Waals surface area (Å²) in [4.78, 5) is 87.2. The highest BCUT2D eigenvalue weighted by Crippen LogP contribution is 2.72. The molecule has 2 amide bonds. The molecule has 6 aromatic rings. The minimum atomic E-state index is -4.26. The molecular weight excluding hydrogens is 1290 g/mol. The average molecular weight is 1380 g/mol. The molecule has 0 radical (unpaired) electrons. The van der Waals surface area contributed by atoms with Gasteiger partial charge in [-0.15, -0.1) is 0 Å². The number of aliphatic hydroxyl groups excluding tert-OH is 3. The van der Waals surface area contributed by atoms with Crippen molar-refractivity contribution in [2.45, 2.75) is 147 Å². The summed E-state index contributed by atoms with van der Waals surface area (Å²) >= 11 is 1.41. The minimum absolute atomic E-state index is 0.0000937. The number of nitrogens with two attached hydrogens (primary N) is 1. The number of nitrogens with zero attached hydrogens (tertiary/aromatic N) is 7. The molecule has 2 saturated heterocycles. The molecule has 6 fully saturated rings. The van der Waals surface area contributed by atoms with Crippen molar-refractivity contribution in [3.05, 3.63) is 119 Å². The van der Waals surface area contributed by atoms with Gasteiger partial charge in [0.1, 0.15) is 36.5 Å². The second-order valence-electron chi connectivity index (χ2n) is 28.1. The number of thiazole rings is 1. The number of amides is 2. The number of piperidine rings is 1. The molecule has 28 heteroatoms. The highest BCUT2D eigenvalue weighted by Gasteiger charge is 2.66. The van der Waals surface area contributed by atoms with E-state index in [-0.39, 0.29) is 58.8 Å². The van der Waals surface area contributed by atoms with Crippen LogP contribution in [0.3, 0.4) is 0 Å². The molecule has 26 nitrogen and oxygen atoms in total. The summed E-state index contributed by atoms with van der Waals surface area (Å²) in [5.74, 6) is -2.29. The number of hydrogen-bond acceptors (Lipinski definition) is 20. The van der Waals surface area contributed by atoms with E-state index in [1.54, 1.807) is 41.4 Å². The molecule has 3 aromatic carbocycles. The van der Waals surface area contributed by atoms with Gasteiger partial charge in [-0.3, -0.25) is 24.3 Å². The Bertz CT molecular complexity index is 3930. The van der Waals surface area contributed by atoms with Gasteiger partial charge >= 0.3 is 25.6 Å². The third-order valence-electron chi connectivity index (χ3n) is 20.3. The Morgan fingerprint density at radius 3 is 2.38 bits per heavy atom.